The van der Waals surface area contributed by atoms with Gasteiger partial charge in [0.25, 0.3) is 0 Å². The van der Waals surface area contributed by atoms with Crippen LogP contribution in [0.5, 0.6) is 0 Å². The van der Waals surface area contributed by atoms with E-state index in [1.807, 2.05) is 12.1 Å². The summed E-state index contributed by atoms with van der Waals surface area (Å²) in [6.07, 6.45) is 3.09. The van der Waals surface area contributed by atoms with Crippen LogP contribution in [-0.4, -0.2) is 23.7 Å². The molecule has 1 amide bonds. The Balaban J connectivity index is 2.56. The van der Waals surface area contributed by atoms with Gasteiger partial charge in [0.1, 0.15) is 0 Å². The van der Waals surface area contributed by atoms with Gasteiger partial charge in [-0.25, -0.2) is 0 Å². The quantitative estimate of drug-likeness (QED) is 0.788. The lowest BCUT2D eigenvalue weighted by Gasteiger charge is -2.07. The van der Waals surface area contributed by atoms with E-state index in [9.17, 15) is 4.79 Å². The van der Waals surface area contributed by atoms with Gasteiger partial charge in [-0.2, -0.15) is 0 Å². The first-order valence-corrected chi connectivity index (χ1v) is 5.34. The van der Waals surface area contributed by atoms with Gasteiger partial charge < -0.3 is 10.4 Å². The molecule has 0 heterocycles. The largest absolute Gasteiger partial charge is 0.394 e. The molecule has 0 radical (unpaired) electrons. The molecular weight excluding hydrogens is 226 g/mol. The number of hydrogen-bond acceptors (Lipinski definition) is 2. The van der Waals surface area contributed by atoms with Gasteiger partial charge in [-0.15, -0.1) is 0 Å². The third kappa shape index (κ3) is 4.47. The molecule has 1 unspecified atom stereocenters. The third-order valence-corrected chi connectivity index (χ3v) is 2.17. The van der Waals surface area contributed by atoms with Crippen LogP contribution in [-0.2, 0) is 4.79 Å². The smallest absolute Gasteiger partial charge is 0.244 e. The monoisotopic (exact) mass is 239 g/mol. The number of aliphatic hydroxyl groups excluding tert-OH is 1. The van der Waals surface area contributed by atoms with Crippen molar-refractivity contribution in [3.8, 4) is 0 Å². The van der Waals surface area contributed by atoms with Gasteiger partial charge in [0.05, 0.1) is 6.61 Å². The highest BCUT2D eigenvalue weighted by atomic mass is 35.5. The summed E-state index contributed by atoms with van der Waals surface area (Å²) in [5.74, 6) is -0.235. The predicted octanol–water partition coefficient (Wildman–Crippen LogP) is 1.85. The van der Waals surface area contributed by atoms with Crippen molar-refractivity contribution in [2.24, 2.45) is 0 Å². The normalized spacial score (nSPS) is 12.7. The van der Waals surface area contributed by atoms with Gasteiger partial charge >= 0.3 is 0 Å². The number of carbonyl (C=O) groups excluding carboxylic acids is 1. The van der Waals surface area contributed by atoms with Crippen LogP contribution in [0.25, 0.3) is 6.08 Å². The molecule has 0 spiro atoms. The molecule has 0 aliphatic rings. The molecule has 1 rings (SSSR count). The molecule has 1 aromatic rings. The maximum absolute atomic E-state index is 11.3. The van der Waals surface area contributed by atoms with Gasteiger partial charge in [0.15, 0.2) is 0 Å². The van der Waals surface area contributed by atoms with Crippen molar-refractivity contribution in [1.82, 2.24) is 5.32 Å². The van der Waals surface area contributed by atoms with E-state index >= 15 is 0 Å². The zero-order chi connectivity index (χ0) is 12.0. The molecule has 0 bridgehead atoms. The fourth-order valence-electron chi connectivity index (χ4n) is 1.12. The number of hydrogen-bond donors (Lipinski definition) is 2. The first-order chi connectivity index (χ1) is 7.61. The number of benzene rings is 1. The lowest BCUT2D eigenvalue weighted by Crippen LogP contribution is -2.33. The Morgan fingerprint density at radius 1 is 1.62 bits per heavy atom. The highest BCUT2D eigenvalue weighted by molar-refractivity contribution is 6.30. The maximum atomic E-state index is 11.3. The molecule has 16 heavy (non-hydrogen) atoms. The summed E-state index contributed by atoms with van der Waals surface area (Å²) in [7, 11) is 0. The third-order valence-electron chi connectivity index (χ3n) is 1.94. The van der Waals surface area contributed by atoms with Crippen LogP contribution >= 0.6 is 11.6 Å². The second-order valence-electron chi connectivity index (χ2n) is 3.48. The van der Waals surface area contributed by atoms with Crippen LogP contribution in [0.4, 0.5) is 0 Å². The molecule has 0 aromatic heterocycles. The van der Waals surface area contributed by atoms with E-state index in [-0.39, 0.29) is 18.6 Å². The van der Waals surface area contributed by atoms with Crippen LogP contribution in [0.1, 0.15) is 12.5 Å². The zero-order valence-corrected chi connectivity index (χ0v) is 9.74. The van der Waals surface area contributed by atoms with Gasteiger partial charge in [0.2, 0.25) is 5.91 Å². The zero-order valence-electron chi connectivity index (χ0n) is 8.98. The van der Waals surface area contributed by atoms with Crippen molar-refractivity contribution < 1.29 is 9.90 Å². The minimum absolute atomic E-state index is 0.0727. The standard InChI is InChI=1S/C12H14ClNO2/c1-9(8-15)14-12(16)6-5-10-3-2-4-11(13)7-10/h2-7,9,15H,8H2,1H3,(H,14,16)/b6-5+. The average Bonchev–Trinajstić information content (AvgIpc) is 2.26. The molecule has 0 saturated heterocycles. The van der Waals surface area contributed by atoms with Crippen LogP contribution in [0.2, 0.25) is 5.02 Å². The van der Waals surface area contributed by atoms with E-state index in [2.05, 4.69) is 5.32 Å². The summed E-state index contributed by atoms with van der Waals surface area (Å²) in [4.78, 5) is 11.3. The van der Waals surface area contributed by atoms with Crippen molar-refractivity contribution in [3.05, 3.63) is 40.9 Å². The van der Waals surface area contributed by atoms with Gasteiger partial charge in [-0.3, -0.25) is 4.79 Å². The summed E-state index contributed by atoms with van der Waals surface area (Å²) in [5.41, 5.74) is 0.860. The molecule has 0 aliphatic heterocycles. The Morgan fingerprint density at radius 3 is 3.00 bits per heavy atom. The number of rotatable bonds is 4. The minimum atomic E-state index is -0.239. The molecule has 2 N–H and O–H groups in total. The molecule has 86 valence electrons. The number of carbonyl (C=O) groups is 1. The van der Waals surface area contributed by atoms with Crippen LogP contribution in [0, 0.1) is 0 Å². The molecule has 4 heteroatoms. The number of nitrogens with one attached hydrogen (secondary N) is 1. The Hall–Kier alpha value is -1.32. The Morgan fingerprint density at radius 2 is 2.38 bits per heavy atom. The topological polar surface area (TPSA) is 49.3 Å². The fourth-order valence-corrected chi connectivity index (χ4v) is 1.32. The highest BCUT2D eigenvalue weighted by Gasteiger charge is 2.01. The second kappa shape index (κ2) is 6.30. The summed E-state index contributed by atoms with van der Waals surface area (Å²) < 4.78 is 0. The second-order valence-corrected chi connectivity index (χ2v) is 3.92. The summed E-state index contributed by atoms with van der Waals surface area (Å²) in [6, 6.07) is 6.96. The molecule has 3 nitrogen and oxygen atoms in total. The molecular formula is C12H14ClNO2. The first kappa shape index (κ1) is 12.7. The molecule has 0 fully saturated rings. The van der Waals surface area contributed by atoms with E-state index < -0.39 is 0 Å². The average molecular weight is 240 g/mol. The van der Waals surface area contributed by atoms with Crippen molar-refractivity contribution in [3.63, 3.8) is 0 Å². The number of amides is 1. The van der Waals surface area contributed by atoms with E-state index in [1.54, 1.807) is 25.1 Å². The predicted molar refractivity (Wildman–Crippen MR) is 65.2 cm³/mol. The summed E-state index contributed by atoms with van der Waals surface area (Å²) in [6.45, 7) is 1.65. The van der Waals surface area contributed by atoms with E-state index in [0.717, 1.165) is 5.56 Å². The van der Waals surface area contributed by atoms with Crippen molar-refractivity contribution in [2.75, 3.05) is 6.61 Å². The van der Waals surface area contributed by atoms with E-state index in [4.69, 9.17) is 16.7 Å². The lowest BCUT2D eigenvalue weighted by molar-refractivity contribution is -0.117. The molecule has 1 atom stereocenters. The molecule has 1 aromatic carbocycles. The number of halogens is 1. The molecule has 0 aliphatic carbocycles. The lowest BCUT2D eigenvalue weighted by atomic mass is 10.2. The van der Waals surface area contributed by atoms with E-state index in [1.165, 1.54) is 6.08 Å². The summed E-state index contributed by atoms with van der Waals surface area (Å²) >= 11 is 5.80. The van der Waals surface area contributed by atoms with Gasteiger partial charge in [-0.1, -0.05) is 23.7 Å². The van der Waals surface area contributed by atoms with Crippen LogP contribution in [0.3, 0.4) is 0 Å². The SMILES string of the molecule is CC(CO)NC(=O)/C=C/c1cccc(Cl)c1. The Bertz CT molecular complexity index is 390. The Kier molecular flexibility index (Phi) is 5.02. The van der Waals surface area contributed by atoms with Crippen LogP contribution in [0.15, 0.2) is 30.3 Å². The van der Waals surface area contributed by atoms with Gasteiger partial charge in [-0.05, 0) is 30.7 Å². The first-order valence-electron chi connectivity index (χ1n) is 4.97. The van der Waals surface area contributed by atoms with Crippen LogP contribution < -0.4 is 5.32 Å². The maximum Gasteiger partial charge on any atom is 0.244 e. The fraction of sp³-hybridized carbons (Fsp3) is 0.250. The number of aliphatic hydroxyl groups is 1. The van der Waals surface area contributed by atoms with Crippen molar-refractivity contribution >= 4 is 23.6 Å². The van der Waals surface area contributed by atoms with E-state index in [0.29, 0.717) is 5.02 Å². The van der Waals surface area contributed by atoms with Gasteiger partial charge in [0, 0.05) is 17.1 Å². The minimum Gasteiger partial charge on any atom is -0.394 e. The molecule has 0 saturated carbocycles. The van der Waals surface area contributed by atoms with Crippen molar-refractivity contribution in [1.29, 1.82) is 0 Å². The Labute approximate surface area is 99.7 Å². The summed E-state index contributed by atoms with van der Waals surface area (Å²) in [5, 5.41) is 12.0. The highest BCUT2D eigenvalue weighted by Crippen LogP contribution is 2.11. The van der Waals surface area contributed by atoms with Crippen molar-refractivity contribution in [2.45, 2.75) is 13.0 Å².